The van der Waals surface area contributed by atoms with E-state index < -0.39 is 17.7 Å². The Balaban J connectivity index is 2.22. The van der Waals surface area contributed by atoms with Gasteiger partial charge in [0, 0.05) is 11.8 Å². The lowest BCUT2D eigenvalue weighted by molar-refractivity contribution is -0.235. The van der Waals surface area contributed by atoms with Gasteiger partial charge in [0.05, 0.1) is 11.7 Å². The highest BCUT2D eigenvalue weighted by molar-refractivity contribution is 5.66. The fourth-order valence-corrected chi connectivity index (χ4v) is 5.71. The van der Waals surface area contributed by atoms with E-state index in [2.05, 4.69) is 20.8 Å². The number of carboxylic acids is 1. The first-order valence-corrected chi connectivity index (χ1v) is 9.57. The first-order valence-electron chi connectivity index (χ1n) is 9.57. The van der Waals surface area contributed by atoms with Crippen LogP contribution < -0.4 is 0 Å². The number of rotatable bonds is 5. The van der Waals surface area contributed by atoms with Crippen LogP contribution in [0, 0.1) is 28.6 Å². The summed E-state index contributed by atoms with van der Waals surface area (Å²) in [5, 5.41) is 30.5. The first kappa shape index (κ1) is 19.7. The lowest BCUT2D eigenvalue weighted by Gasteiger charge is -2.64. The fraction of sp³-hybridized carbons (Fsp3) is 0.950. The Morgan fingerprint density at radius 2 is 1.83 bits per heavy atom. The van der Waals surface area contributed by atoms with Crippen molar-refractivity contribution in [1.29, 1.82) is 0 Å². The molecule has 0 aromatic carbocycles. The Bertz CT molecular complexity index is 474. The maximum Gasteiger partial charge on any atom is 0.303 e. The lowest BCUT2D eigenvalue weighted by Crippen LogP contribution is -2.65. The molecule has 0 heterocycles. The zero-order valence-electron chi connectivity index (χ0n) is 16.0. The summed E-state index contributed by atoms with van der Waals surface area (Å²) in [4.78, 5) is 10.9. The SMILES string of the molecule is CC(CC[C@@]1(C)[C@H](C)CC[C@]2(C)[C@@H]1CC[C@@H](O)[C@]2(C)O)CC(=O)O. The molecule has 140 valence electrons. The molecule has 0 aliphatic heterocycles. The zero-order valence-corrected chi connectivity index (χ0v) is 16.0. The average Bonchev–Trinajstić information content (AvgIpc) is 2.47. The van der Waals surface area contributed by atoms with Gasteiger partial charge in [-0.05, 0) is 68.6 Å². The molecular formula is C20H36O4. The summed E-state index contributed by atoms with van der Waals surface area (Å²) in [6.07, 6.45) is 5.08. The number of carbonyl (C=O) groups is 1. The van der Waals surface area contributed by atoms with E-state index in [1.54, 1.807) is 0 Å². The molecule has 7 atom stereocenters. The van der Waals surface area contributed by atoms with E-state index in [1.165, 1.54) is 0 Å². The van der Waals surface area contributed by atoms with Gasteiger partial charge in [-0.1, -0.05) is 27.7 Å². The van der Waals surface area contributed by atoms with Gasteiger partial charge in [-0.2, -0.15) is 0 Å². The molecule has 0 amide bonds. The van der Waals surface area contributed by atoms with Gasteiger partial charge in [-0.15, -0.1) is 0 Å². The van der Waals surface area contributed by atoms with Crippen LogP contribution in [0.3, 0.4) is 0 Å². The molecule has 2 rings (SSSR count). The molecule has 2 saturated carbocycles. The van der Waals surface area contributed by atoms with E-state index in [9.17, 15) is 15.0 Å². The van der Waals surface area contributed by atoms with Gasteiger partial charge in [-0.25, -0.2) is 0 Å². The van der Waals surface area contributed by atoms with E-state index in [-0.39, 0.29) is 23.2 Å². The number of aliphatic hydroxyl groups excluding tert-OH is 1. The summed E-state index contributed by atoms with van der Waals surface area (Å²) < 4.78 is 0. The van der Waals surface area contributed by atoms with Crippen LogP contribution in [0.1, 0.15) is 79.6 Å². The Hall–Kier alpha value is -0.610. The van der Waals surface area contributed by atoms with Gasteiger partial charge >= 0.3 is 5.97 Å². The summed E-state index contributed by atoms with van der Waals surface area (Å²) in [6.45, 7) is 10.6. The van der Waals surface area contributed by atoms with Crippen molar-refractivity contribution < 1.29 is 20.1 Å². The Morgan fingerprint density at radius 1 is 1.21 bits per heavy atom. The minimum atomic E-state index is -1.05. The van der Waals surface area contributed by atoms with Gasteiger partial charge in [0.2, 0.25) is 0 Å². The number of aliphatic hydroxyl groups is 2. The van der Waals surface area contributed by atoms with Crippen molar-refractivity contribution in [2.24, 2.45) is 28.6 Å². The van der Waals surface area contributed by atoms with Crippen molar-refractivity contribution in [3.05, 3.63) is 0 Å². The summed E-state index contributed by atoms with van der Waals surface area (Å²) in [7, 11) is 0. The number of aliphatic carboxylic acids is 1. The smallest absolute Gasteiger partial charge is 0.303 e. The van der Waals surface area contributed by atoms with E-state index in [0.29, 0.717) is 18.3 Å². The summed E-state index contributed by atoms with van der Waals surface area (Å²) in [5.41, 5.74) is -1.24. The molecule has 0 radical (unpaired) electrons. The Labute approximate surface area is 146 Å². The van der Waals surface area contributed by atoms with Crippen molar-refractivity contribution in [3.8, 4) is 0 Å². The van der Waals surface area contributed by atoms with Crippen LogP contribution in [0.2, 0.25) is 0 Å². The monoisotopic (exact) mass is 340 g/mol. The molecule has 0 spiro atoms. The minimum absolute atomic E-state index is 0.0872. The Morgan fingerprint density at radius 3 is 2.42 bits per heavy atom. The highest BCUT2D eigenvalue weighted by atomic mass is 16.4. The number of carboxylic acid groups (broad SMARTS) is 1. The standard InChI is InChI=1S/C20H36O4/c1-13(12-17(22)23)8-10-18(3)14(2)9-11-19(4)15(18)6-7-16(21)20(19,5)24/h13-16,21,24H,6-12H2,1-5H3,(H,22,23)/t13?,14-,15-,16-,18+,19-,20+/m1/s1. The minimum Gasteiger partial charge on any atom is -0.481 e. The number of fused-ring (bicyclic) bond motifs is 1. The third-order valence-electron chi connectivity index (χ3n) is 8.02. The zero-order chi connectivity index (χ0) is 18.3. The summed E-state index contributed by atoms with van der Waals surface area (Å²) >= 11 is 0. The molecule has 2 aliphatic rings. The topological polar surface area (TPSA) is 77.8 Å². The van der Waals surface area contributed by atoms with Crippen molar-refractivity contribution in [2.75, 3.05) is 0 Å². The predicted octanol–water partition coefficient (Wildman–Crippen LogP) is 3.84. The second-order valence-electron chi connectivity index (χ2n) is 9.40. The van der Waals surface area contributed by atoms with Gasteiger partial charge in [-0.3, -0.25) is 4.79 Å². The molecule has 0 bridgehead atoms. The van der Waals surface area contributed by atoms with E-state index in [4.69, 9.17) is 5.11 Å². The molecule has 4 heteroatoms. The molecule has 0 aromatic rings. The summed E-state index contributed by atoms with van der Waals surface area (Å²) in [6, 6.07) is 0. The van der Waals surface area contributed by atoms with Gasteiger partial charge in [0.25, 0.3) is 0 Å². The van der Waals surface area contributed by atoms with E-state index in [1.807, 2.05) is 13.8 Å². The van der Waals surface area contributed by atoms with E-state index >= 15 is 0 Å². The molecule has 24 heavy (non-hydrogen) atoms. The predicted molar refractivity (Wildman–Crippen MR) is 94.6 cm³/mol. The largest absolute Gasteiger partial charge is 0.481 e. The van der Waals surface area contributed by atoms with Crippen LogP contribution in [-0.4, -0.2) is 33.0 Å². The second-order valence-corrected chi connectivity index (χ2v) is 9.40. The van der Waals surface area contributed by atoms with Crippen molar-refractivity contribution in [3.63, 3.8) is 0 Å². The maximum atomic E-state index is 11.1. The summed E-state index contributed by atoms with van der Waals surface area (Å²) in [5.74, 6) is 0.370. The molecule has 0 aromatic heterocycles. The lowest BCUT2D eigenvalue weighted by atomic mass is 9.43. The Kier molecular flexibility index (Phi) is 5.42. The van der Waals surface area contributed by atoms with Crippen LogP contribution in [-0.2, 0) is 4.79 Å². The van der Waals surface area contributed by atoms with Crippen molar-refractivity contribution in [2.45, 2.75) is 91.3 Å². The highest BCUT2D eigenvalue weighted by Crippen LogP contribution is 2.64. The van der Waals surface area contributed by atoms with E-state index in [0.717, 1.165) is 32.1 Å². The number of hydrogen-bond donors (Lipinski definition) is 3. The van der Waals surface area contributed by atoms with Crippen LogP contribution in [0.25, 0.3) is 0 Å². The average molecular weight is 341 g/mol. The molecule has 1 unspecified atom stereocenters. The van der Waals surface area contributed by atoms with Gasteiger partial charge in [0.1, 0.15) is 0 Å². The fourth-order valence-electron chi connectivity index (χ4n) is 5.71. The van der Waals surface area contributed by atoms with Gasteiger partial charge < -0.3 is 15.3 Å². The molecule has 4 nitrogen and oxygen atoms in total. The number of hydrogen-bond acceptors (Lipinski definition) is 3. The third-order valence-corrected chi connectivity index (χ3v) is 8.02. The van der Waals surface area contributed by atoms with Crippen molar-refractivity contribution >= 4 is 5.97 Å². The molecule has 0 saturated heterocycles. The van der Waals surface area contributed by atoms with Crippen LogP contribution in [0.15, 0.2) is 0 Å². The van der Waals surface area contributed by atoms with Crippen LogP contribution in [0.5, 0.6) is 0 Å². The third kappa shape index (κ3) is 3.12. The van der Waals surface area contributed by atoms with Crippen LogP contribution >= 0.6 is 0 Å². The molecule has 3 N–H and O–H groups in total. The first-order chi connectivity index (χ1) is 10.9. The normalized spacial score (nSPS) is 47.0. The second kappa shape index (κ2) is 6.60. The van der Waals surface area contributed by atoms with Crippen molar-refractivity contribution in [1.82, 2.24) is 0 Å². The molecular weight excluding hydrogens is 304 g/mol. The van der Waals surface area contributed by atoms with Gasteiger partial charge in [0.15, 0.2) is 0 Å². The quantitative estimate of drug-likeness (QED) is 0.710. The van der Waals surface area contributed by atoms with Crippen LogP contribution in [0.4, 0.5) is 0 Å². The molecule has 2 fully saturated rings. The molecule has 2 aliphatic carbocycles. The maximum absolute atomic E-state index is 11.1. The highest BCUT2D eigenvalue weighted by Gasteiger charge is 2.62.